The van der Waals surface area contributed by atoms with Gasteiger partial charge in [-0.2, -0.15) is 0 Å². The summed E-state index contributed by atoms with van der Waals surface area (Å²) in [5.41, 5.74) is 0.645. The third kappa shape index (κ3) is 4.16. The number of nitrogens with zero attached hydrogens (tertiary/aromatic N) is 2. The molecule has 162 valence electrons. The number of nitro groups is 1. The fourth-order valence-corrected chi connectivity index (χ4v) is 3.96. The third-order valence-corrected chi connectivity index (χ3v) is 5.35. The summed E-state index contributed by atoms with van der Waals surface area (Å²) in [5, 5.41) is 11.4. The Morgan fingerprint density at radius 1 is 1.13 bits per heavy atom. The van der Waals surface area contributed by atoms with E-state index in [-0.39, 0.29) is 35.4 Å². The molecule has 0 spiro atoms. The van der Waals surface area contributed by atoms with Gasteiger partial charge in [-0.3, -0.25) is 14.9 Å². The van der Waals surface area contributed by atoms with E-state index in [0.29, 0.717) is 31.3 Å². The van der Waals surface area contributed by atoms with Gasteiger partial charge in [0.15, 0.2) is 11.5 Å². The molecule has 2 aromatic rings. The first-order valence-corrected chi connectivity index (χ1v) is 10.1. The van der Waals surface area contributed by atoms with Crippen molar-refractivity contribution in [3.8, 4) is 11.5 Å². The minimum absolute atomic E-state index is 0.0190. The van der Waals surface area contributed by atoms with Crippen molar-refractivity contribution in [2.75, 3.05) is 26.4 Å². The van der Waals surface area contributed by atoms with Crippen LogP contribution in [0, 0.1) is 10.1 Å². The smallest absolute Gasteiger partial charge is 0.338 e. The van der Waals surface area contributed by atoms with Gasteiger partial charge in [-0.05, 0) is 43.5 Å². The van der Waals surface area contributed by atoms with Crippen molar-refractivity contribution in [3.63, 3.8) is 0 Å². The molecule has 0 radical (unpaired) electrons. The molecule has 31 heavy (non-hydrogen) atoms. The summed E-state index contributed by atoms with van der Waals surface area (Å²) in [7, 11) is 0. The Morgan fingerprint density at radius 2 is 1.87 bits per heavy atom. The van der Waals surface area contributed by atoms with Gasteiger partial charge in [-0.15, -0.1) is 0 Å². The lowest BCUT2D eigenvalue weighted by atomic mass is 10.0. The molecule has 0 aliphatic carbocycles. The van der Waals surface area contributed by atoms with Crippen molar-refractivity contribution >= 4 is 17.6 Å². The fourth-order valence-electron chi connectivity index (χ4n) is 3.96. The summed E-state index contributed by atoms with van der Waals surface area (Å²) in [6.45, 7) is 3.24. The van der Waals surface area contributed by atoms with Crippen LogP contribution in [0.3, 0.4) is 0 Å². The van der Waals surface area contributed by atoms with Gasteiger partial charge in [0.25, 0.3) is 11.6 Å². The van der Waals surface area contributed by atoms with E-state index >= 15 is 0 Å². The molecule has 2 aliphatic heterocycles. The van der Waals surface area contributed by atoms with Crippen LogP contribution in [0.4, 0.5) is 5.69 Å². The molecule has 4 rings (SSSR count). The van der Waals surface area contributed by atoms with Crippen LogP contribution in [0.1, 0.15) is 52.1 Å². The van der Waals surface area contributed by atoms with Crippen molar-refractivity contribution in [2.24, 2.45) is 0 Å². The molecular formula is C22H22N2O7. The number of hydrogen-bond donors (Lipinski definition) is 0. The Hall–Kier alpha value is -3.62. The molecule has 2 aliphatic rings. The van der Waals surface area contributed by atoms with Gasteiger partial charge in [-0.25, -0.2) is 4.79 Å². The van der Waals surface area contributed by atoms with E-state index in [2.05, 4.69) is 0 Å². The van der Waals surface area contributed by atoms with E-state index in [4.69, 9.17) is 14.2 Å². The van der Waals surface area contributed by atoms with Crippen molar-refractivity contribution in [1.29, 1.82) is 0 Å². The summed E-state index contributed by atoms with van der Waals surface area (Å²) in [4.78, 5) is 37.9. The second-order valence-electron chi connectivity index (χ2n) is 7.31. The zero-order chi connectivity index (χ0) is 22.0. The van der Waals surface area contributed by atoms with Gasteiger partial charge in [0.1, 0.15) is 13.2 Å². The minimum Gasteiger partial charge on any atom is -0.486 e. The molecule has 1 unspecified atom stereocenters. The highest BCUT2D eigenvalue weighted by atomic mass is 16.6. The topological polar surface area (TPSA) is 108 Å². The summed E-state index contributed by atoms with van der Waals surface area (Å²) in [5.74, 6) is 0.239. The number of fused-ring (bicyclic) bond motifs is 1. The van der Waals surface area contributed by atoms with Crippen LogP contribution in [0.15, 0.2) is 36.4 Å². The molecule has 9 nitrogen and oxygen atoms in total. The predicted octanol–water partition coefficient (Wildman–Crippen LogP) is 3.52. The summed E-state index contributed by atoms with van der Waals surface area (Å²) in [6.07, 6.45) is 1.55. The van der Waals surface area contributed by atoms with Crippen LogP contribution in [-0.2, 0) is 4.74 Å². The number of carbonyl (C=O) groups excluding carboxylic acids is 2. The van der Waals surface area contributed by atoms with Gasteiger partial charge >= 0.3 is 5.97 Å². The fraction of sp³-hybridized carbons (Fsp3) is 0.364. The number of benzene rings is 2. The molecule has 1 atom stereocenters. The summed E-state index contributed by atoms with van der Waals surface area (Å²) >= 11 is 0. The maximum atomic E-state index is 13.3. The Bertz CT molecular complexity index is 1040. The van der Waals surface area contributed by atoms with Crippen molar-refractivity contribution in [2.45, 2.75) is 25.8 Å². The van der Waals surface area contributed by atoms with Crippen LogP contribution < -0.4 is 9.47 Å². The monoisotopic (exact) mass is 426 g/mol. The zero-order valence-electron chi connectivity index (χ0n) is 17.0. The molecule has 0 aromatic heterocycles. The van der Waals surface area contributed by atoms with Crippen LogP contribution in [0.5, 0.6) is 11.5 Å². The number of non-ortho nitro benzene ring substituents is 1. The minimum atomic E-state index is -0.704. The maximum absolute atomic E-state index is 13.3. The number of rotatable bonds is 5. The normalized spacial score (nSPS) is 17.3. The molecule has 1 fully saturated rings. The molecule has 0 bridgehead atoms. The van der Waals surface area contributed by atoms with E-state index in [1.165, 1.54) is 12.1 Å². The van der Waals surface area contributed by atoms with E-state index in [1.54, 1.807) is 11.8 Å². The summed E-state index contributed by atoms with van der Waals surface area (Å²) in [6, 6.07) is 9.09. The van der Waals surface area contributed by atoms with E-state index in [0.717, 1.165) is 24.5 Å². The van der Waals surface area contributed by atoms with Gasteiger partial charge in [0.2, 0.25) is 0 Å². The van der Waals surface area contributed by atoms with Gasteiger partial charge in [0, 0.05) is 24.2 Å². The lowest BCUT2D eigenvalue weighted by Crippen LogP contribution is -2.31. The molecule has 2 aromatic carbocycles. The number of hydrogen-bond acceptors (Lipinski definition) is 7. The zero-order valence-corrected chi connectivity index (χ0v) is 17.0. The van der Waals surface area contributed by atoms with Gasteiger partial charge < -0.3 is 19.1 Å². The van der Waals surface area contributed by atoms with Crippen molar-refractivity contribution < 1.29 is 28.7 Å². The van der Waals surface area contributed by atoms with E-state index < -0.39 is 10.9 Å². The second kappa shape index (κ2) is 8.63. The molecule has 0 saturated carbocycles. The molecule has 0 N–H and O–H groups in total. The molecule has 9 heteroatoms. The molecule has 1 saturated heterocycles. The number of ether oxygens (including phenoxy) is 3. The first-order chi connectivity index (χ1) is 15.0. The highest BCUT2D eigenvalue weighted by Crippen LogP contribution is 2.39. The quantitative estimate of drug-likeness (QED) is 0.409. The molecule has 1 amide bonds. The van der Waals surface area contributed by atoms with Crippen molar-refractivity contribution in [3.05, 3.63) is 63.2 Å². The van der Waals surface area contributed by atoms with Gasteiger partial charge in [0.05, 0.1) is 23.1 Å². The molecule has 2 heterocycles. The van der Waals surface area contributed by atoms with Crippen LogP contribution in [0.2, 0.25) is 0 Å². The third-order valence-electron chi connectivity index (χ3n) is 5.35. The number of likely N-dealkylation sites (tertiary alicyclic amines) is 1. The van der Waals surface area contributed by atoms with E-state index in [9.17, 15) is 19.7 Å². The summed E-state index contributed by atoms with van der Waals surface area (Å²) < 4.78 is 16.2. The Balaban J connectivity index is 1.65. The largest absolute Gasteiger partial charge is 0.486 e. The van der Waals surface area contributed by atoms with Gasteiger partial charge in [-0.1, -0.05) is 6.07 Å². The average Bonchev–Trinajstić information content (AvgIpc) is 3.28. The number of carbonyl (C=O) groups is 2. The Kier molecular flexibility index (Phi) is 5.75. The van der Waals surface area contributed by atoms with Crippen LogP contribution in [0.25, 0.3) is 0 Å². The van der Waals surface area contributed by atoms with Crippen molar-refractivity contribution in [1.82, 2.24) is 4.90 Å². The number of amides is 1. The lowest BCUT2D eigenvalue weighted by molar-refractivity contribution is -0.384. The van der Waals surface area contributed by atoms with Crippen LogP contribution >= 0.6 is 0 Å². The Labute approximate surface area is 178 Å². The maximum Gasteiger partial charge on any atom is 0.338 e. The Morgan fingerprint density at radius 3 is 2.61 bits per heavy atom. The first kappa shape index (κ1) is 20.6. The highest BCUT2D eigenvalue weighted by molar-refractivity contribution is 5.99. The van der Waals surface area contributed by atoms with Crippen LogP contribution in [-0.4, -0.2) is 48.1 Å². The second-order valence-corrected chi connectivity index (χ2v) is 7.31. The standard InChI is InChI=1S/C22H22N2O7/c1-2-29-22(26)16-10-15(11-17(12-16)24(27)28)21(25)23-7-3-4-18(23)14-5-6-19-20(13-14)31-9-8-30-19/h5-6,10-13,18H,2-4,7-9H2,1H3. The lowest BCUT2D eigenvalue weighted by Gasteiger charge is -2.27. The highest BCUT2D eigenvalue weighted by Gasteiger charge is 2.32. The average molecular weight is 426 g/mol. The first-order valence-electron chi connectivity index (χ1n) is 10.1. The molecular weight excluding hydrogens is 404 g/mol. The SMILES string of the molecule is CCOC(=O)c1cc(C(=O)N2CCCC2c2ccc3c(c2)OCCO3)cc([N+](=O)[O-])c1. The van der Waals surface area contributed by atoms with E-state index in [1.807, 2.05) is 18.2 Å². The predicted molar refractivity (Wildman–Crippen MR) is 109 cm³/mol. The number of nitro benzene ring substituents is 1. The number of esters is 1.